The van der Waals surface area contributed by atoms with Crippen molar-refractivity contribution in [1.82, 2.24) is 25.0 Å². The molecule has 0 aliphatic heterocycles. The molecule has 5 aromatic rings. The molecule has 2 aromatic carbocycles. The summed E-state index contributed by atoms with van der Waals surface area (Å²) in [5.41, 5.74) is 2.07. The molecule has 0 atom stereocenters. The number of nitrogens with one attached hydrogen (secondary N) is 1. The van der Waals surface area contributed by atoms with Gasteiger partial charge in [0.25, 0.3) is 5.91 Å². The van der Waals surface area contributed by atoms with E-state index in [1.165, 1.54) is 22.1 Å². The monoisotopic (exact) mass is 430 g/mol. The van der Waals surface area contributed by atoms with Gasteiger partial charge in [0, 0.05) is 17.3 Å². The SMILES string of the molecule is O=C(Nc1nnc(-c2ccccc2)s1)c1nn(Cc2ccccc2F)c2ncccc12. The highest BCUT2D eigenvalue weighted by Crippen LogP contribution is 2.27. The van der Waals surface area contributed by atoms with Crippen LogP contribution in [0.3, 0.4) is 0 Å². The molecule has 0 aliphatic carbocycles. The van der Waals surface area contributed by atoms with E-state index in [0.717, 1.165) is 5.56 Å². The van der Waals surface area contributed by atoms with Gasteiger partial charge in [-0.15, -0.1) is 10.2 Å². The lowest BCUT2D eigenvalue weighted by molar-refractivity contribution is 0.102. The molecule has 0 saturated carbocycles. The summed E-state index contributed by atoms with van der Waals surface area (Å²) in [6.45, 7) is 0.157. The van der Waals surface area contributed by atoms with E-state index in [0.29, 0.717) is 26.7 Å². The number of benzene rings is 2. The number of anilines is 1. The Kier molecular flexibility index (Phi) is 4.93. The zero-order chi connectivity index (χ0) is 21.2. The van der Waals surface area contributed by atoms with Crippen LogP contribution in [0.15, 0.2) is 72.9 Å². The molecule has 3 aromatic heterocycles. The normalized spacial score (nSPS) is 11.0. The fourth-order valence-electron chi connectivity index (χ4n) is 3.20. The smallest absolute Gasteiger partial charge is 0.278 e. The van der Waals surface area contributed by atoms with Gasteiger partial charge < -0.3 is 0 Å². The van der Waals surface area contributed by atoms with Crippen molar-refractivity contribution in [2.45, 2.75) is 6.54 Å². The van der Waals surface area contributed by atoms with Crippen LogP contribution in [0.25, 0.3) is 21.6 Å². The van der Waals surface area contributed by atoms with Crippen LogP contribution in [0.1, 0.15) is 16.1 Å². The van der Waals surface area contributed by atoms with Gasteiger partial charge in [0.15, 0.2) is 11.3 Å². The van der Waals surface area contributed by atoms with Gasteiger partial charge in [-0.1, -0.05) is 59.9 Å². The lowest BCUT2D eigenvalue weighted by Crippen LogP contribution is -2.14. The number of halogens is 1. The minimum Gasteiger partial charge on any atom is -0.295 e. The minimum absolute atomic E-state index is 0.157. The van der Waals surface area contributed by atoms with Crippen LogP contribution in [0.2, 0.25) is 0 Å². The molecule has 9 heteroatoms. The first-order valence-electron chi connectivity index (χ1n) is 9.44. The van der Waals surface area contributed by atoms with Crippen LogP contribution in [0.5, 0.6) is 0 Å². The second-order valence-corrected chi connectivity index (χ2v) is 7.68. The highest BCUT2D eigenvalue weighted by molar-refractivity contribution is 7.18. The molecule has 5 rings (SSSR count). The van der Waals surface area contributed by atoms with Gasteiger partial charge in [0.2, 0.25) is 5.13 Å². The molecule has 0 spiro atoms. The number of carbonyl (C=O) groups is 1. The number of carbonyl (C=O) groups excluding carboxylic acids is 1. The van der Waals surface area contributed by atoms with E-state index in [9.17, 15) is 9.18 Å². The Bertz CT molecular complexity index is 1380. The third-order valence-electron chi connectivity index (χ3n) is 4.67. The fraction of sp³-hybridized carbons (Fsp3) is 0.0455. The molecule has 152 valence electrons. The van der Waals surface area contributed by atoms with Crippen LogP contribution in [0.4, 0.5) is 9.52 Å². The van der Waals surface area contributed by atoms with Crippen molar-refractivity contribution in [2.75, 3.05) is 5.32 Å². The average molecular weight is 430 g/mol. The number of amides is 1. The summed E-state index contributed by atoms with van der Waals surface area (Å²) in [6.07, 6.45) is 1.61. The number of rotatable bonds is 5. The summed E-state index contributed by atoms with van der Waals surface area (Å²) in [7, 11) is 0. The second-order valence-electron chi connectivity index (χ2n) is 6.70. The highest BCUT2D eigenvalue weighted by Gasteiger charge is 2.20. The maximum absolute atomic E-state index is 14.1. The lowest BCUT2D eigenvalue weighted by atomic mass is 10.2. The standard InChI is InChI=1S/C22H15FN6OS/c23-17-11-5-4-9-15(17)13-29-19-16(10-6-12-24-19)18(28-29)20(30)25-22-27-26-21(31-22)14-7-2-1-3-8-14/h1-12H,13H2,(H,25,27,30). The first-order valence-corrected chi connectivity index (χ1v) is 10.3. The zero-order valence-corrected chi connectivity index (χ0v) is 16.9. The van der Waals surface area contributed by atoms with Gasteiger partial charge in [-0.3, -0.25) is 10.1 Å². The van der Waals surface area contributed by atoms with Crippen molar-refractivity contribution in [1.29, 1.82) is 0 Å². The highest BCUT2D eigenvalue weighted by atomic mass is 32.1. The summed E-state index contributed by atoms with van der Waals surface area (Å²) < 4.78 is 15.6. The van der Waals surface area contributed by atoms with Crippen molar-refractivity contribution >= 4 is 33.4 Å². The maximum Gasteiger partial charge on any atom is 0.278 e. The molecule has 0 saturated heterocycles. The molecule has 1 N–H and O–H groups in total. The van der Waals surface area contributed by atoms with E-state index in [1.807, 2.05) is 30.3 Å². The van der Waals surface area contributed by atoms with Gasteiger partial charge in [0.05, 0.1) is 11.9 Å². The Morgan fingerprint density at radius 2 is 1.81 bits per heavy atom. The van der Waals surface area contributed by atoms with Gasteiger partial charge in [-0.2, -0.15) is 5.10 Å². The molecular formula is C22H15FN6OS. The number of aromatic nitrogens is 5. The van der Waals surface area contributed by atoms with E-state index >= 15 is 0 Å². The Hall–Kier alpha value is -3.98. The predicted molar refractivity (Wildman–Crippen MR) is 116 cm³/mol. The fourth-order valence-corrected chi connectivity index (χ4v) is 3.95. The quantitative estimate of drug-likeness (QED) is 0.447. The number of fused-ring (bicyclic) bond motifs is 1. The van der Waals surface area contributed by atoms with Gasteiger partial charge in [0.1, 0.15) is 10.8 Å². The third kappa shape index (κ3) is 3.78. The number of hydrogen-bond donors (Lipinski definition) is 1. The first-order chi connectivity index (χ1) is 15.2. The number of nitrogens with zero attached hydrogens (tertiary/aromatic N) is 5. The lowest BCUT2D eigenvalue weighted by Gasteiger charge is -2.04. The average Bonchev–Trinajstić information content (AvgIpc) is 3.41. The van der Waals surface area contributed by atoms with E-state index in [1.54, 1.807) is 36.5 Å². The van der Waals surface area contributed by atoms with Crippen molar-refractivity contribution in [2.24, 2.45) is 0 Å². The molecular weight excluding hydrogens is 415 g/mol. The second kappa shape index (κ2) is 8.04. The zero-order valence-electron chi connectivity index (χ0n) is 16.1. The van der Waals surface area contributed by atoms with Crippen LogP contribution >= 0.6 is 11.3 Å². The molecule has 0 bridgehead atoms. The summed E-state index contributed by atoms with van der Waals surface area (Å²) in [6, 6.07) is 19.5. The van der Waals surface area contributed by atoms with Crippen molar-refractivity contribution in [3.63, 3.8) is 0 Å². The van der Waals surface area contributed by atoms with Crippen LogP contribution in [-0.2, 0) is 6.54 Å². The molecule has 0 unspecified atom stereocenters. The van der Waals surface area contributed by atoms with E-state index < -0.39 is 5.91 Å². The largest absolute Gasteiger partial charge is 0.295 e. The molecule has 0 radical (unpaired) electrons. The van der Waals surface area contributed by atoms with E-state index in [2.05, 4.69) is 25.6 Å². The van der Waals surface area contributed by atoms with E-state index in [-0.39, 0.29) is 18.1 Å². The molecule has 1 amide bonds. The third-order valence-corrected chi connectivity index (χ3v) is 5.55. The van der Waals surface area contributed by atoms with Crippen molar-refractivity contribution in [3.8, 4) is 10.6 Å². The predicted octanol–water partition coefficient (Wildman–Crippen LogP) is 4.39. The van der Waals surface area contributed by atoms with Crippen molar-refractivity contribution in [3.05, 3.63) is 90.0 Å². The molecule has 31 heavy (non-hydrogen) atoms. The van der Waals surface area contributed by atoms with Gasteiger partial charge in [-0.25, -0.2) is 14.1 Å². The molecule has 0 fully saturated rings. The molecule has 7 nitrogen and oxygen atoms in total. The Morgan fingerprint density at radius 3 is 2.65 bits per heavy atom. The Labute approximate surface area is 180 Å². The first kappa shape index (κ1) is 19.0. The Morgan fingerprint density at radius 1 is 1.00 bits per heavy atom. The number of hydrogen-bond acceptors (Lipinski definition) is 6. The molecule has 3 heterocycles. The summed E-state index contributed by atoms with van der Waals surface area (Å²) in [5, 5.41) is 17.0. The molecule has 0 aliphatic rings. The van der Waals surface area contributed by atoms with Crippen molar-refractivity contribution < 1.29 is 9.18 Å². The number of pyridine rings is 1. The summed E-state index contributed by atoms with van der Waals surface area (Å²) in [5.74, 6) is -0.767. The summed E-state index contributed by atoms with van der Waals surface area (Å²) in [4.78, 5) is 17.3. The topological polar surface area (TPSA) is 85.6 Å². The maximum atomic E-state index is 14.1. The van der Waals surface area contributed by atoms with Gasteiger partial charge >= 0.3 is 0 Å². The van der Waals surface area contributed by atoms with E-state index in [4.69, 9.17) is 0 Å². The van der Waals surface area contributed by atoms with Crippen LogP contribution in [-0.4, -0.2) is 30.9 Å². The Balaban J connectivity index is 1.44. The minimum atomic E-state index is -0.430. The van der Waals surface area contributed by atoms with Crippen LogP contribution < -0.4 is 5.32 Å². The van der Waals surface area contributed by atoms with Crippen LogP contribution in [0, 0.1) is 5.82 Å². The summed E-state index contributed by atoms with van der Waals surface area (Å²) >= 11 is 1.27. The van der Waals surface area contributed by atoms with Gasteiger partial charge in [-0.05, 0) is 18.2 Å².